The van der Waals surface area contributed by atoms with E-state index in [1.807, 2.05) is 24.3 Å². The van der Waals surface area contributed by atoms with Crippen LogP contribution < -0.4 is 4.90 Å². The molecule has 0 radical (unpaired) electrons. The molecule has 1 aliphatic rings. The van der Waals surface area contributed by atoms with Crippen molar-refractivity contribution >= 4 is 17.6 Å². The van der Waals surface area contributed by atoms with E-state index in [0.29, 0.717) is 6.54 Å². The largest absolute Gasteiger partial charge is 0.272 e. The Kier molecular flexibility index (Phi) is 1.52. The monoisotopic (exact) mass is 157 g/mol. The highest BCUT2D eigenvalue weighted by Crippen LogP contribution is 2.29. The van der Waals surface area contributed by atoms with E-state index in [0.717, 1.165) is 11.4 Å². The van der Waals surface area contributed by atoms with Gasteiger partial charge in [-0.15, -0.1) is 0 Å². The summed E-state index contributed by atoms with van der Waals surface area (Å²) in [6, 6.07) is 7.62. The highest BCUT2D eigenvalue weighted by atomic mass is 15.2. The molecule has 0 bridgehead atoms. The highest BCUT2D eigenvalue weighted by Gasteiger charge is 2.11. The fourth-order valence-electron chi connectivity index (χ4n) is 1.22. The summed E-state index contributed by atoms with van der Waals surface area (Å²) < 4.78 is 0. The number of nitrogens with zero attached hydrogens (tertiary/aromatic N) is 3. The van der Waals surface area contributed by atoms with Gasteiger partial charge in [0.05, 0.1) is 17.9 Å². The van der Waals surface area contributed by atoms with Crippen LogP contribution in [-0.4, -0.2) is 12.8 Å². The molecule has 1 aromatic rings. The van der Waals surface area contributed by atoms with Gasteiger partial charge in [0.15, 0.2) is 6.19 Å². The Balaban J connectivity index is 2.54. The third kappa shape index (κ3) is 0.940. The van der Waals surface area contributed by atoms with Crippen LogP contribution in [0, 0.1) is 11.5 Å². The molecule has 0 aromatic heterocycles. The molecule has 2 rings (SSSR count). The van der Waals surface area contributed by atoms with Crippen LogP contribution in [-0.2, 0) is 0 Å². The third-order valence-electron chi connectivity index (χ3n) is 1.79. The van der Waals surface area contributed by atoms with E-state index in [9.17, 15) is 0 Å². The zero-order chi connectivity index (χ0) is 8.39. The van der Waals surface area contributed by atoms with Crippen molar-refractivity contribution in [2.45, 2.75) is 0 Å². The molecular formula is C9H7N3. The molecule has 1 aliphatic heterocycles. The second-order valence-corrected chi connectivity index (χ2v) is 2.51. The van der Waals surface area contributed by atoms with Crippen LogP contribution in [0.25, 0.3) is 0 Å². The minimum Gasteiger partial charge on any atom is -0.272 e. The average molecular weight is 157 g/mol. The van der Waals surface area contributed by atoms with E-state index in [1.54, 1.807) is 11.1 Å². The van der Waals surface area contributed by atoms with Crippen LogP contribution in [0.2, 0.25) is 0 Å². The van der Waals surface area contributed by atoms with E-state index in [-0.39, 0.29) is 0 Å². The molecule has 0 aliphatic carbocycles. The summed E-state index contributed by atoms with van der Waals surface area (Å²) >= 11 is 0. The predicted molar refractivity (Wildman–Crippen MR) is 47.6 cm³/mol. The normalized spacial score (nSPS) is 13.8. The molecule has 0 spiro atoms. The number of hydrogen-bond donors (Lipinski definition) is 0. The van der Waals surface area contributed by atoms with Gasteiger partial charge in [0.25, 0.3) is 0 Å². The van der Waals surface area contributed by atoms with Crippen molar-refractivity contribution in [1.29, 1.82) is 5.26 Å². The number of para-hydroxylation sites is 2. The Morgan fingerprint density at radius 2 is 2.25 bits per heavy atom. The summed E-state index contributed by atoms with van der Waals surface area (Å²) in [6.07, 6.45) is 3.84. The Labute approximate surface area is 70.6 Å². The van der Waals surface area contributed by atoms with Gasteiger partial charge in [0.2, 0.25) is 0 Å². The van der Waals surface area contributed by atoms with Crippen molar-refractivity contribution in [3.8, 4) is 6.19 Å². The molecule has 0 N–H and O–H groups in total. The summed E-state index contributed by atoms with van der Waals surface area (Å²) in [5.74, 6) is 0. The summed E-state index contributed by atoms with van der Waals surface area (Å²) in [5, 5.41) is 8.75. The van der Waals surface area contributed by atoms with Gasteiger partial charge in [-0.25, -0.2) is 0 Å². The van der Waals surface area contributed by atoms with Crippen LogP contribution in [0.15, 0.2) is 29.3 Å². The van der Waals surface area contributed by atoms with Gasteiger partial charge < -0.3 is 0 Å². The molecule has 12 heavy (non-hydrogen) atoms. The maximum absolute atomic E-state index is 8.75. The van der Waals surface area contributed by atoms with Gasteiger partial charge in [-0.05, 0) is 12.1 Å². The zero-order valence-corrected chi connectivity index (χ0v) is 6.44. The van der Waals surface area contributed by atoms with E-state index in [1.165, 1.54) is 0 Å². The van der Waals surface area contributed by atoms with Crippen LogP contribution in [0.3, 0.4) is 0 Å². The van der Waals surface area contributed by atoms with Crippen LogP contribution in [0.1, 0.15) is 0 Å². The minimum atomic E-state index is 0.577. The molecule has 58 valence electrons. The molecule has 0 amide bonds. The quantitative estimate of drug-likeness (QED) is 0.537. The van der Waals surface area contributed by atoms with Gasteiger partial charge >= 0.3 is 0 Å². The van der Waals surface area contributed by atoms with Crippen LogP contribution in [0.4, 0.5) is 11.4 Å². The number of hydrogen-bond acceptors (Lipinski definition) is 3. The Morgan fingerprint density at radius 3 is 3.08 bits per heavy atom. The van der Waals surface area contributed by atoms with Crippen molar-refractivity contribution in [1.82, 2.24) is 0 Å². The smallest absolute Gasteiger partial charge is 0.184 e. The Hall–Kier alpha value is -1.82. The fraction of sp³-hybridized carbons (Fsp3) is 0.111. The molecule has 1 heterocycles. The van der Waals surface area contributed by atoms with E-state index in [2.05, 4.69) is 11.2 Å². The highest BCUT2D eigenvalue weighted by molar-refractivity contribution is 5.82. The van der Waals surface area contributed by atoms with E-state index in [4.69, 9.17) is 5.26 Å². The zero-order valence-electron chi connectivity index (χ0n) is 6.44. The molecule has 0 fully saturated rings. The van der Waals surface area contributed by atoms with Gasteiger partial charge in [0, 0.05) is 6.21 Å². The first-order valence-electron chi connectivity index (χ1n) is 3.70. The van der Waals surface area contributed by atoms with Crippen molar-refractivity contribution < 1.29 is 0 Å². The van der Waals surface area contributed by atoms with Crippen LogP contribution >= 0.6 is 0 Å². The second kappa shape index (κ2) is 2.67. The van der Waals surface area contributed by atoms with Crippen molar-refractivity contribution in [3.05, 3.63) is 24.3 Å². The summed E-state index contributed by atoms with van der Waals surface area (Å²) in [6.45, 7) is 0.577. The van der Waals surface area contributed by atoms with Crippen molar-refractivity contribution in [2.24, 2.45) is 4.99 Å². The predicted octanol–water partition coefficient (Wildman–Crippen LogP) is 1.69. The number of benzene rings is 1. The van der Waals surface area contributed by atoms with E-state index >= 15 is 0 Å². The molecule has 0 atom stereocenters. The lowest BCUT2D eigenvalue weighted by Gasteiger charge is -2.18. The van der Waals surface area contributed by atoms with Gasteiger partial charge in [0.1, 0.15) is 0 Å². The van der Waals surface area contributed by atoms with E-state index < -0.39 is 0 Å². The maximum Gasteiger partial charge on any atom is 0.184 e. The molecule has 1 aromatic carbocycles. The minimum absolute atomic E-state index is 0.577. The Morgan fingerprint density at radius 1 is 1.42 bits per heavy atom. The number of aliphatic imine (C=N–C) groups is 1. The SMILES string of the molecule is N#CN1CC=Nc2ccccc21. The molecular weight excluding hydrogens is 150 g/mol. The summed E-state index contributed by atoms with van der Waals surface area (Å²) in [7, 11) is 0. The molecule has 0 saturated carbocycles. The third-order valence-corrected chi connectivity index (χ3v) is 1.79. The topological polar surface area (TPSA) is 39.4 Å². The van der Waals surface area contributed by atoms with Gasteiger partial charge in [-0.3, -0.25) is 9.89 Å². The molecule has 3 heteroatoms. The standard InChI is InChI=1S/C9H7N3/c10-7-12-6-5-11-8-3-1-2-4-9(8)12/h1-5H,6H2. The second-order valence-electron chi connectivity index (χ2n) is 2.51. The van der Waals surface area contributed by atoms with Gasteiger partial charge in [-0.1, -0.05) is 12.1 Å². The molecule has 3 nitrogen and oxygen atoms in total. The number of rotatable bonds is 0. The maximum atomic E-state index is 8.75. The first-order chi connectivity index (χ1) is 5.92. The summed E-state index contributed by atoms with van der Waals surface area (Å²) in [4.78, 5) is 5.79. The first-order valence-corrected chi connectivity index (χ1v) is 3.70. The first kappa shape index (κ1) is 6.86. The lowest BCUT2D eigenvalue weighted by molar-refractivity contribution is 1.12. The average Bonchev–Trinajstić information content (AvgIpc) is 2.17. The van der Waals surface area contributed by atoms with Gasteiger partial charge in [-0.2, -0.15) is 5.26 Å². The Bertz CT molecular complexity index is 362. The molecule has 0 saturated heterocycles. The lowest BCUT2D eigenvalue weighted by atomic mass is 10.2. The number of fused-ring (bicyclic) bond motifs is 1. The van der Waals surface area contributed by atoms with Crippen molar-refractivity contribution in [2.75, 3.05) is 11.4 Å². The fourth-order valence-corrected chi connectivity index (χ4v) is 1.22. The molecule has 0 unspecified atom stereocenters. The summed E-state index contributed by atoms with van der Waals surface area (Å²) in [5.41, 5.74) is 1.76. The van der Waals surface area contributed by atoms with Crippen molar-refractivity contribution in [3.63, 3.8) is 0 Å². The number of nitriles is 1. The lowest BCUT2D eigenvalue weighted by Crippen LogP contribution is -2.21. The number of anilines is 1. The van der Waals surface area contributed by atoms with Crippen LogP contribution in [0.5, 0.6) is 0 Å².